The van der Waals surface area contributed by atoms with Crippen molar-refractivity contribution in [3.8, 4) is 6.07 Å². The fraction of sp³-hybridized carbons (Fsp3) is 0.393. The molecule has 2 atom stereocenters. The maximum atomic E-state index is 13.7. The molecule has 3 aromatic rings. The van der Waals surface area contributed by atoms with Crippen molar-refractivity contribution in [3.63, 3.8) is 0 Å². The number of rotatable bonds is 8. The highest BCUT2D eigenvalue weighted by Gasteiger charge is 2.50. The van der Waals surface area contributed by atoms with Gasteiger partial charge in [-0.15, -0.1) is 0 Å². The second-order valence-electron chi connectivity index (χ2n) is 10.4. The first-order valence-electron chi connectivity index (χ1n) is 12.9. The highest BCUT2D eigenvalue weighted by molar-refractivity contribution is 7.92. The molecule has 2 aliphatic rings. The summed E-state index contributed by atoms with van der Waals surface area (Å²) in [5.74, 6) is -0.0356. The van der Waals surface area contributed by atoms with Crippen LogP contribution in [0.3, 0.4) is 0 Å². The number of alkyl halides is 3. The predicted molar refractivity (Wildman–Crippen MR) is 141 cm³/mol. The molecule has 2 heterocycles. The van der Waals surface area contributed by atoms with Crippen LogP contribution in [0.1, 0.15) is 36.1 Å². The minimum absolute atomic E-state index is 0.206. The van der Waals surface area contributed by atoms with Gasteiger partial charge in [-0.1, -0.05) is 42.5 Å². The van der Waals surface area contributed by atoms with Gasteiger partial charge in [0.2, 0.25) is 5.91 Å². The fourth-order valence-corrected chi connectivity index (χ4v) is 7.08. The van der Waals surface area contributed by atoms with Gasteiger partial charge in [-0.2, -0.15) is 23.5 Å². The van der Waals surface area contributed by atoms with E-state index in [0.717, 1.165) is 23.8 Å². The number of anilines is 1. The summed E-state index contributed by atoms with van der Waals surface area (Å²) < 4.78 is 70.3. The average Bonchev–Trinajstić information content (AvgIpc) is 3.37. The number of hydrogen-bond donors (Lipinski definition) is 1. The largest absolute Gasteiger partial charge is 0.417 e. The van der Waals surface area contributed by atoms with Gasteiger partial charge in [0.15, 0.2) is 9.84 Å². The van der Waals surface area contributed by atoms with Crippen LogP contribution in [0.5, 0.6) is 0 Å². The Hall–Kier alpha value is -3.85. The molecule has 1 N–H and O–H groups in total. The summed E-state index contributed by atoms with van der Waals surface area (Å²) in [5, 5.41) is 15.5. The van der Waals surface area contributed by atoms with Crippen molar-refractivity contribution in [2.45, 2.75) is 67.1 Å². The normalized spacial score (nSPS) is 20.2. The molecule has 8 nitrogen and oxygen atoms in total. The number of benzene rings is 2. The van der Waals surface area contributed by atoms with E-state index in [-0.39, 0.29) is 13.0 Å². The van der Waals surface area contributed by atoms with Crippen molar-refractivity contribution in [3.05, 3.63) is 77.5 Å². The highest BCUT2D eigenvalue weighted by Crippen LogP contribution is 2.40. The van der Waals surface area contributed by atoms with E-state index >= 15 is 0 Å². The lowest BCUT2D eigenvalue weighted by Crippen LogP contribution is -2.48. The molecule has 1 aromatic heterocycles. The van der Waals surface area contributed by atoms with Crippen molar-refractivity contribution in [2.75, 3.05) is 11.4 Å². The number of halogens is 3. The van der Waals surface area contributed by atoms with Crippen molar-refractivity contribution >= 4 is 21.6 Å². The van der Waals surface area contributed by atoms with E-state index in [4.69, 9.17) is 0 Å². The third kappa shape index (κ3) is 5.43. The monoisotopic (exact) mass is 571 g/mol. The fourth-order valence-electron chi connectivity index (χ4n) is 5.17. The Kier molecular flexibility index (Phi) is 7.12. The molecule has 1 saturated heterocycles. The molecule has 0 unspecified atom stereocenters. The molecular formula is C28H28F3N5O3S. The lowest BCUT2D eigenvalue weighted by molar-refractivity contribution is -0.139. The van der Waals surface area contributed by atoms with Crippen molar-refractivity contribution in [1.82, 2.24) is 15.1 Å². The number of nitrogens with one attached hydrogen (secondary N) is 1. The van der Waals surface area contributed by atoms with Crippen LogP contribution in [0.15, 0.2) is 65.6 Å². The van der Waals surface area contributed by atoms with Crippen LogP contribution >= 0.6 is 0 Å². The predicted octanol–water partition coefficient (Wildman–Crippen LogP) is 4.05. The maximum absolute atomic E-state index is 13.7. The summed E-state index contributed by atoms with van der Waals surface area (Å²) in [6.45, 7) is 2.01. The van der Waals surface area contributed by atoms with Gasteiger partial charge in [0.25, 0.3) is 0 Å². The molecule has 2 fully saturated rings. The summed E-state index contributed by atoms with van der Waals surface area (Å²) in [5.41, 5.74) is -0.524. The molecule has 40 heavy (non-hydrogen) atoms. The second kappa shape index (κ2) is 10.3. The van der Waals surface area contributed by atoms with Gasteiger partial charge in [-0.05, 0) is 50.3 Å². The second-order valence-corrected chi connectivity index (χ2v) is 12.5. The number of carbonyl (C=O) groups is 1. The van der Waals surface area contributed by atoms with Gasteiger partial charge in [-0.3, -0.25) is 4.79 Å². The van der Waals surface area contributed by atoms with Crippen LogP contribution in [0.2, 0.25) is 0 Å². The van der Waals surface area contributed by atoms with Gasteiger partial charge in [0, 0.05) is 19.2 Å². The first-order valence-corrected chi connectivity index (χ1v) is 14.5. The van der Waals surface area contributed by atoms with Crippen molar-refractivity contribution in [2.24, 2.45) is 0 Å². The quantitative estimate of drug-likeness (QED) is 0.437. The van der Waals surface area contributed by atoms with Crippen molar-refractivity contribution in [1.29, 1.82) is 5.26 Å². The van der Waals surface area contributed by atoms with Crippen LogP contribution in [0.25, 0.3) is 0 Å². The Morgan fingerprint density at radius 1 is 1.15 bits per heavy atom. The van der Waals surface area contributed by atoms with Crippen LogP contribution in [-0.2, 0) is 33.8 Å². The lowest BCUT2D eigenvalue weighted by Gasteiger charge is -2.27. The smallest absolute Gasteiger partial charge is 0.343 e. The Morgan fingerprint density at radius 2 is 1.82 bits per heavy atom. The van der Waals surface area contributed by atoms with Crippen LogP contribution in [0.4, 0.5) is 19.0 Å². The summed E-state index contributed by atoms with van der Waals surface area (Å²) in [6.07, 6.45) is -3.51. The van der Waals surface area contributed by atoms with Crippen LogP contribution in [-0.4, -0.2) is 47.5 Å². The molecule has 1 aliphatic heterocycles. The molecule has 210 valence electrons. The number of carbonyl (C=O) groups excluding carboxylic acids is 1. The van der Waals surface area contributed by atoms with E-state index in [1.165, 1.54) is 6.07 Å². The lowest BCUT2D eigenvalue weighted by atomic mass is 10.1. The Bertz CT molecular complexity index is 1560. The van der Waals surface area contributed by atoms with E-state index in [0.29, 0.717) is 37.3 Å². The van der Waals surface area contributed by atoms with Crippen molar-refractivity contribution < 1.29 is 26.4 Å². The zero-order valence-electron chi connectivity index (χ0n) is 21.7. The topological polar surface area (TPSA) is 108 Å². The maximum Gasteiger partial charge on any atom is 0.417 e. The molecule has 1 aliphatic carbocycles. The summed E-state index contributed by atoms with van der Waals surface area (Å²) in [4.78, 5) is 14.3. The van der Waals surface area contributed by atoms with Gasteiger partial charge in [0.1, 0.15) is 17.4 Å². The molecule has 1 saturated carbocycles. The number of amides is 1. The van der Waals surface area contributed by atoms with E-state index in [1.807, 2.05) is 30.3 Å². The molecule has 0 radical (unpaired) electrons. The third-order valence-electron chi connectivity index (χ3n) is 7.46. The molecule has 1 amide bonds. The molecule has 0 spiro atoms. The number of aromatic nitrogens is 2. The Balaban J connectivity index is 1.50. The van der Waals surface area contributed by atoms with Gasteiger partial charge in [-0.25, -0.2) is 13.1 Å². The molecule has 5 rings (SSSR count). The molecular weight excluding hydrogens is 543 g/mol. The average molecular weight is 572 g/mol. The Morgan fingerprint density at radius 3 is 2.48 bits per heavy atom. The minimum Gasteiger partial charge on any atom is -0.343 e. The number of hydrogen-bond acceptors (Lipinski definition) is 6. The number of nitrogens with zero attached hydrogens (tertiary/aromatic N) is 4. The minimum atomic E-state index is -4.86. The van der Waals surface area contributed by atoms with E-state index in [2.05, 4.69) is 16.5 Å². The van der Waals surface area contributed by atoms with Gasteiger partial charge in [0.05, 0.1) is 27.5 Å². The summed E-state index contributed by atoms with van der Waals surface area (Å²) >= 11 is 0. The summed E-state index contributed by atoms with van der Waals surface area (Å²) in [6, 6.07) is 16.6. The first-order chi connectivity index (χ1) is 18.9. The van der Waals surface area contributed by atoms with E-state index in [9.17, 15) is 31.6 Å². The van der Waals surface area contributed by atoms with Gasteiger partial charge >= 0.3 is 6.18 Å². The number of aryl methyl sites for hydroxylation is 3. The summed E-state index contributed by atoms with van der Waals surface area (Å²) in [7, 11) is -4.49. The van der Waals surface area contributed by atoms with E-state index in [1.54, 1.807) is 22.6 Å². The zero-order chi connectivity index (χ0) is 28.7. The SMILES string of the molecule is Cc1cc(N2C[C@H](S(=O)(=O)c3ccccc3C(F)(F)F)C[C@@H]2C(=O)NC2(C#N)CC2)n(CCc2ccccc2)n1. The number of sulfone groups is 1. The molecule has 12 heteroatoms. The first kappa shape index (κ1) is 27.7. The van der Waals surface area contributed by atoms with Crippen LogP contribution < -0.4 is 10.2 Å². The Labute approximate surface area is 230 Å². The van der Waals surface area contributed by atoms with E-state index < -0.39 is 49.2 Å². The highest BCUT2D eigenvalue weighted by atomic mass is 32.2. The standard InChI is InChI=1S/C28H28F3N5O3S/c1-19-15-25(36(34-19)14-11-20-7-3-2-4-8-20)35-17-21(16-23(35)26(37)33-27(18-32)12-13-27)40(38,39)24-10-6-5-9-22(24)28(29,30)31/h2-10,15,21,23H,11-14,16-17H2,1H3,(H,33,37)/t21-,23-/m1/s1. The molecule has 2 aromatic carbocycles. The molecule has 0 bridgehead atoms. The van der Waals surface area contributed by atoms with Crippen LogP contribution in [0, 0.1) is 18.3 Å². The third-order valence-corrected chi connectivity index (χ3v) is 9.65. The number of nitriles is 1. The van der Waals surface area contributed by atoms with Gasteiger partial charge < -0.3 is 10.2 Å². The zero-order valence-corrected chi connectivity index (χ0v) is 22.5.